The van der Waals surface area contributed by atoms with Gasteiger partial charge in [0.1, 0.15) is 0 Å². The molecule has 100 valence electrons. The molecule has 0 unspecified atom stereocenters. The standard InChI is InChI=1S/C11H14N3.C2H6.CH3.W/c1-7(2)10-11-9(5-8(3)13-10)14(4)6-12-11;1-2;;/h5-6H,1-4H3;1-2H3;1H3;/q-1;;-1;+2. The van der Waals surface area contributed by atoms with Crippen LogP contribution in [0.1, 0.15) is 39.1 Å². The zero-order valence-corrected chi connectivity index (χ0v) is 15.3. The monoisotopic (exact) mass is 417 g/mol. The summed E-state index contributed by atoms with van der Waals surface area (Å²) < 4.78 is 2.02. The summed E-state index contributed by atoms with van der Waals surface area (Å²) >= 11 is 0. The summed E-state index contributed by atoms with van der Waals surface area (Å²) in [6, 6.07) is 2.06. The number of hydrogen-bond donors (Lipinski definition) is 0. The summed E-state index contributed by atoms with van der Waals surface area (Å²) in [6.07, 6.45) is 1.83. The van der Waals surface area contributed by atoms with Gasteiger partial charge in [-0.15, -0.1) is 13.8 Å². The molecule has 0 aliphatic carbocycles. The molecule has 0 amide bonds. The van der Waals surface area contributed by atoms with Gasteiger partial charge >= 0.3 is 21.1 Å². The van der Waals surface area contributed by atoms with E-state index >= 15 is 0 Å². The molecule has 2 aromatic rings. The van der Waals surface area contributed by atoms with E-state index in [-0.39, 0.29) is 28.5 Å². The molecule has 18 heavy (non-hydrogen) atoms. The summed E-state index contributed by atoms with van der Waals surface area (Å²) in [6.45, 7) is 10.1. The van der Waals surface area contributed by atoms with Crippen LogP contribution in [0.15, 0.2) is 12.4 Å². The van der Waals surface area contributed by atoms with Gasteiger partial charge < -0.3 is 17.0 Å². The van der Waals surface area contributed by atoms with E-state index in [4.69, 9.17) is 0 Å². The summed E-state index contributed by atoms with van der Waals surface area (Å²) in [5.41, 5.74) is 4.20. The van der Waals surface area contributed by atoms with Crippen molar-refractivity contribution >= 4 is 11.0 Å². The first-order valence-corrected chi connectivity index (χ1v) is 5.69. The Labute approximate surface area is 125 Å². The Morgan fingerprint density at radius 1 is 1.22 bits per heavy atom. The summed E-state index contributed by atoms with van der Waals surface area (Å²) in [5.74, 6) is 1.21. The van der Waals surface area contributed by atoms with Gasteiger partial charge in [-0.25, -0.2) is 0 Å². The average Bonchev–Trinajstić information content (AvgIpc) is 2.62. The number of hydrogen-bond acceptors (Lipinski definition) is 2. The van der Waals surface area contributed by atoms with Gasteiger partial charge in [0.25, 0.3) is 0 Å². The number of imidazole rings is 1. The van der Waals surface area contributed by atoms with Crippen LogP contribution in [0.25, 0.3) is 11.0 Å². The maximum Gasteiger partial charge on any atom is 2.00 e. The second-order valence-electron chi connectivity index (χ2n) is 3.84. The first-order chi connectivity index (χ1) is 7.59. The van der Waals surface area contributed by atoms with E-state index in [1.165, 1.54) is 5.92 Å². The van der Waals surface area contributed by atoms with E-state index < -0.39 is 0 Å². The Balaban J connectivity index is 0. The van der Waals surface area contributed by atoms with Crippen molar-refractivity contribution in [1.82, 2.24) is 14.5 Å². The van der Waals surface area contributed by atoms with E-state index in [9.17, 15) is 0 Å². The van der Waals surface area contributed by atoms with Crippen molar-refractivity contribution in [3.63, 3.8) is 0 Å². The van der Waals surface area contributed by atoms with E-state index in [2.05, 4.69) is 29.9 Å². The van der Waals surface area contributed by atoms with Crippen molar-refractivity contribution in [1.29, 1.82) is 0 Å². The van der Waals surface area contributed by atoms with Crippen LogP contribution in [0.2, 0.25) is 0 Å². The first kappa shape index (κ1) is 19.5. The quantitative estimate of drug-likeness (QED) is 0.663. The number of pyridine rings is 1. The summed E-state index contributed by atoms with van der Waals surface area (Å²) in [7, 11) is 2.00. The van der Waals surface area contributed by atoms with Gasteiger partial charge in [-0.05, 0) is 24.0 Å². The third-order valence-corrected chi connectivity index (χ3v) is 2.31. The zero-order valence-electron chi connectivity index (χ0n) is 12.4. The van der Waals surface area contributed by atoms with Crippen LogP contribution in [-0.2, 0) is 28.1 Å². The van der Waals surface area contributed by atoms with Gasteiger partial charge in [-0.3, -0.25) is 4.98 Å². The van der Waals surface area contributed by atoms with Gasteiger partial charge in [0.2, 0.25) is 0 Å². The molecule has 0 saturated heterocycles. The fourth-order valence-electron chi connectivity index (χ4n) is 1.60. The molecule has 0 aliphatic heterocycles. The molecule has 2 rings (SSSR count). The molecule has 2 heterocycles. The number of aromatic nitrogens is 3. The van der Waals surface area contributed by atoms with Gasteiger partial charge in [-0.1, -0.05) is 19.5 Å². The predicted octanol–water partition coefficient (Wildman–Crippen LogP) is 3.71. The topological polar surface area (TPSA) is 30.7 Å². The van der Waals surface area contributed by atoms with Crippen LogP contribution in [0.5, 0.6) is 0 Å². The maximum atomic E-state index is 4.50. The third-order valence-electron chi connectivity index (χ3n) is 2.31. The van der Waals surface area contributed by atoms with Crippen LogP contribution < -0.4 is 0 Å². The van der Waals surface area contributed by atoms with Crippen molar-refractivity contribution < 1.29 is 21.1 Å². The largest absolute Gasteiger partial charge is 2.00 e. The van der Waals surface area contributed by atoms with Crippen molar-refractivity contribution in [2.75, 3.05) is 0 Å². The summed E-state index contributed by atoms with van der Waals surface area (Å²) in [5, 5.41) is 0. The van der Waals surface area contributed by atoms with Gasteiger partial charge in [-0.2, -0.15) is 5.92 Å². The molecule has 0 radical (unpaired) electrons. The molecule has 0 fully saturated rings. The van der Waals surface area contributed by atoms with Crippen LogP contribution in [0, 0.1) is 20.3 Å². The summed E-state index contributed by atoms with van der Waals surface area (Å²) in [4.78, 5) is 8.86. The molecular weight excluding hydrogens is 394 g/mol. The van der Waals surface area contributed by atoms with E-state index in [1.54, 1.807) is 0 Å². The zero-order chi connectivity index (χ0) is 12.3. The minimum Gasteiger partial charge on any atom is -0.358 e. The fourth-order valence-corrected chi connectivity index (χ4v) is 1.60. The SMILES string of the molecule is CC.Cc1cc2c(ncn2C)c([C-](C)C)n1.[CH3-].[W+2]. The molecule has 0 aliphatic rings. The normalized spacial score (nSPS) is 8.78. The maximum absolute atomic E-state index is 4.50. The Hall–Kier alpha value is -0.822. The molecule has 0 spiro atoms. The van der Waals surface area contributed by atoms with Gasteiger partial charge in [0.05, 0.1) is 6.33 Å². The minimum atomic E-state index is 0. The molecule has 0 bridgehead atoms. The Morgan fingerprint density at radius 2 is 1.78 bits per heavy atom. The van der Waals surface area contributed by atoms with E-state index in [1.807, 2.05) is 38.7 Å². The molecule has 4 heteroatoms. The third kappa shape index (κ3) is 3.84. The average molecular weight is 417 g/mol. The molecule has 0 saturated carbocycles. The number of fused-ring (bicyclic) bond motifs is 1. The molecule has 3 nitrogen and oxygen atoms in total. The van der Waals surface area contributed by atoms with Crippen molar-refractivity contribution in [3.05, 3.63) is 37.1 Å². The van der Waals surface area contributed by atoms with E-state index in [0.29, 0.717) is 0 Å². The number of nitrogens with zero attached hydrogens (tertiary/aromatic N) is 3. The van der Waals surface area contributed by atoms with Crippen LogP contribution in [-0.4, -0.2) is 14.5 Å². The van der Waals surface area contributed by atoms with Crippen LogP contribution in [0.3, 0.4) is 0 Å². The minimum absolute atomic E-state index is 0. The Morgan fingerprint density at radius 3 is 2.28 bits per heavy atom. The second-order valence-corrected chi connectivity index (χ2v) is 3.84. The molecule has 2 aromatic heterocycles. The fraction of sp³-hybridized carbons (Fsp3) is 0.429. The molecular formula is C14H23N3W. The molecule has 0 aromatic carbocycles. The predicted molar refractivity (Wildman–Crippen MR) is 74.7 cm³/mol. The van der Waals surface area contributed by atoms with Crippen molar-refractivity contribution in [3.8, 4) is 0 Å². The smallest absolute Gasteiger partial charge is 0.358 e. The molecule has 0 atom stereocenters. The van der Waals surface area contributed by atoms with Crippen molar-refractivity contribution in [2.24, 2.45) is 7.05 Å². The Bertz CT molecular complexity index is 475. The van der Waals surface area contributed by atoms with E-state index in [0.717, 1.165) is 22.4 Å². The van der Waals surface area contributed by atoms with Crippen molar-refractivity contribution in [2.45, 2.75) is 34.6 Å². The first-order valence-electron chi connectivity index (χ1n) is 5.69. The van der Waals surface area contributed by atoms with Gasteiger partial charge in [0, 0.05) is 12.7 Å². The van der Waals surface area contributed by atoms with Crippen LogP contribution >= 0.6 is 0 Å². The molecule has 0 N–H and O–H groups in total. The number of rotatable bonds is 1. The Kier molecular flexibility index (Phi) is 9.01. The number of aryl methyl sites for hydroxylation is 2. The second kappa shape index (κ2) is 8.31. The van der Waals surface area contributed by atoms with Gasteiger partial charge in [0.15, 0.2) is 0 Å². The van der Waals surface area contributed by atoms with Crippen LogP contribution in [0.4, 0.5) is 0 Å².